The number of aryl methyl sites for hydroxylation is 2. The zero-order valence-corrected chi connectivity index (χ0v) is 15.1. The fourth-order valence-electron chi connectivity index (χ4n) is 3.01. The van der Waals surface area contributed by atoms with Crippen LogP contribution in [0, 0.1) is 13.8 Å². The van der Waals surface area contributed by atoms with Crippen molar-refractivity contribution >= 4 is 5.91 Å². The van der Waals surface area contributed by atoms with E-state index >= 15 is 0 Å². The Morgan fingerprint density at radius 2 is 2.24 bits per heavy atom. The highest BCUT2D eigenvalue weighted by molar-refractivity contribution is 5.77. The molecule has 0 saturated carbocycles. The van der Waals surface area contributed by atoms with Crippen LogP contribution < -0.4 is 0 Å². The summed E-state index contributed by atoms with van der Waals surface area (Å²) in [5.74, 6) is 1.76. The third-order valence-electron chi connectivity index (χ3n) is 4.35. The highest BCUT2D eigenvalue weighted by atomic mass is 16.5. The minimum Gasteiger partial charge on any atom is -0.464 e. The van der Waals surface area contributed by atoms with Crippen LogP contribution in [0.4, 0.5) is 0 Å². The predicted octanol–water partition coefficient (Wildman–Crippen LogP) is 1.45. The van der Waals surface area contributed by atoms with Gasteiger partial charge in [-0.05, 0) is 31.5 Å². The Labute approximate surface area is 148 Å². The molecular formula is C18H26N4O3. The van der Waals surface area contributed by atoms with E-state index in [1.54, 1.807) is 4.90 Å². The first-order valence-electron chi connectivity index (χ1n) is 8.62. The molecule has 7 nitrogen and oxygen atoms in total. The normalized spacial score (nSPS) is 18.4. The summed E-state index contributed by atoms with van der Waals surface area (Å²) < 4.78 is 13.3. The van der Waals surface area contributed by atoms with Gasteiger partial charge in [-0.25, -0.2) is 0 Å². The molecule has 2 aromatic heterocycles. The quantitative estimate of drug-likeness (QED) is 0.792. The number of hydrogen-bond donors (Lipinski definition) is 0. The van der Waals surface area contributed by atoms with E-state index in [4.69, 9.17) is 9.15 Å². The maximum atomic E-state index is 12.5. The molecule has 0 radical (unpaired) electrons. The molecular weight excluding hydrogens is 320 g/mol. The van der Waals surface area contributed by atoms with Crippen molar-refractivity contribution in [2.24, 2.45) is 0 Å². The monoisotopic (exact) mass is 346 g/mol. The van der Waals surface area contributed by atoms with E-state index in [1.165, 1.54) is 0 Å². The third-order valence-corrected chi connectivity index (χ3v) is 4.35. The molecule has 1 amide bonds. The first kappa shape index (κ1) is 17.7. The Morgan fingerprint density at radius 1 is 1.40 bits per heavy atom. The highest BCUT2D eigenvalue weighted by Crippen LogP contribution is 2.11. The molecule has 136 valence electrons. The van der Waals surface area contributed by atoms with Gasteiger partial charge < -0.3 is 14.1 Å². The van der Waals surface area contributed by atoms with Gasteiger partial charge in [0.05, 0.1) is 38.5 Å². The molecule has 1 aliphatic rings. The number of carbonyl (C=O) groups is 1. The largest absolute Gasteiger partial charge is 0.464 e. The van der Waals surface area contributed by atoms with Crippen LogP contribution in [0.15, 0.2) is 28.9 Å². The van der Waals surface area contributed by atoms with Crippen molar-refractivity contribution in [3.63, 3.8) is 0 Å². The summed E-state index contributed by atoms with van der Waals surface area (Å²) in [4.78, 5) is 16.3. The summed E-state index contributed by atoms with van der Waals surface area (Å²) in [5.41, 5.74) is 1.14. The number of carbonyl (C=O) groups excluding carboxylic acids is 1. The van der Waals surface area contributed by atoms with Crippen LogP contribution in [0.5, 0.6) is 0 Å². The second-order valence-electron chi connectivity index (χ2n) is 6.73. The molecule has 0 unspecified atom stereocenters. The predicted molar refractivity (Wildman–Crippen MR) is 93.1 cm³/mol. The van der Waals surface area contributed by atoms with Gasteiger partial charge in [0.25, 0.3) is 0 Å². The first-order chi connectivity index (χ1) is 12.0. The van der Waals surface area contributed by atoms with Gasteiger partial charge in [-0.3, -0.25) is 14.4 Å². The van der Waals surface area contributed by atoms with Crippen LogP contribution in [0.1, 0.15) is 17.1 Å². The van der Waals surface area contributed by atoms with Crippen LogP contribution in [0.2, 0.25) is 0 Å². The van der Waals surface area contributed by atoms with Crippen molar-refractivity contribution in [2.75, 3.05) is 33.3 Å². The Hall–Kier alpha value is -2.12. The summed E-state index contributed by atoms with van der Waals surface area (Å²) in [6, 6.07) is 3.83. The molecule has 1 aliphatic heterocycles. The SMILES string of the molecule is Cc1cnn(C[C@@H]2CN(CC(=O)N(C)Cc3ccc(C)o3)CCO2)c1. The lowest BCUT2D eigenvalue weighted by molar-refractivity contribution is -0.134. The van der Waals surface area contributed by atoms with Crippen LogP contribution in [-0.4, -0.2) is 64.9 Å². The number of aromatic nitrogens is 2. The molecule has 1 atom stereocenters. The third kappa shape index (κ3) is 4.93. The van der Waals surface area contributed by atoms with Gasteiger partial charge in [0.1, 0.15) is 11.5 Å². The fourth-order valence-corrected chi connectivity index (χ4v) is 3.01. The standard InChI is InChI=1S/C18H26N4O3/c1-14-8-19-22(9-14)12-17-11-21(6-7-24-17)13-18(23)20(3)10-16-5-4-15(2)25-16/h4-5,8-9,17H,6-7,10-13H2,1-3H3/t17-/m0/s1. The molecule has 0 bridgehead atoms. The molecule has 0 spiro atoms. The molecule has 0 N–H and O–H groups in total. The van der Waals surface area contributed by atoms with Gasteiger partial charge >= 0.3 is 0 Å². The Bertz CT molecular complexity index is 709. The van der Waals surface area contributed by atoms with Crippen molar-refractivity contribution in [2.45, 2.75) is 33.0 Å². The molecule has 3 rings (SSSR count). The number of furan rings is 1. The summed E-state index contributed by atoms with van der Waals surface area (Å²) in [6.07, 6.45) is 3.90. The molecule has 0 aromatic carbocycles. The molecule has 7 heteroatoms. The average Bonchev–Trinajstić information content (AvgIpc) is 3.16. The summed E-state index contributed by atoms with van der Waals surface area (Å²) in [5, 5.41) is 4.31. The fraction of sp³-hybridized carbons (Fsp3) is 0.556. The van der Waals surface area contributed by atoms with Crippen LogP contribution in [0.25, 0.3) is 0 Å². The van der Waals surface area contributed by atoms with Crippen molar-refractivity contribution in [3.8, 4) is 0 Å². The molecule has 3 heterocycles. The van der Waals surface area contributed by atoms with Gasteiger partial charge in [0.2, 0.25) is 5.91 Å². The summed E-state index contributed by atoms with van der Waals surface area (Å²) in [7, 11) is 1.81. The van der Waals surface area contributed by atoms with Crippen LogP contribution in [0.3, 0.4) is 0 Å². The van der Waals surface area contributed by atoms with Gasteiger partial charge in [0.15, 0.2) is 0 Å². The molecule has 1 fully saturated rings. The van der Waals surface area contributed by atoms with E-state index in [2.05, 4.69) is 10.00 Å². The van der Waals surface area contributed by atoms with Crippen molar-refractivity contribution in [1.29, 1.82) is 0 Å². The van der Waals surface area contributed by atoms with Gasteiger partial charge in [-0.1, -0.05) is 0 Å². The summed E-state index contributed by atoms with van der Waals surface area (Å²) in [6.45, 7) is 7.67. The molecule has 1 saturated heterocycles. The zero-order valence-electron chi connectivity index (χ0n) is 15.1. The number of ether oxygens (including phenoxy) is 1. The Morgan fingerprint density at radius 3 is 2.92 bits per heavy atom. The number of rotatable bonds is 6. The van der Waals surface area contributed by atoms with Gasteiger partial charge in [-0.15, -0.1) is 0 Å². The lowest BCUT2D eigenvalue weighted by Gasteiger charge is -2.33. The lowest BCUT2D eigenvalue weighted by atomic mass is 10.2. The topological polar surface area (TPSA) is 63.7 Å². The van der Waals surface area contributed by atoms with E-state index < -0.39 is 0 Å². The Balaban J connectivity index is 1.48. The molecule has 2 aromatic rings. The number of likely N-dealkylation sites (N-methyl/N-ethyl adjacent to an activating group) is 1. The van der Waals surface area contributed by atoms with Crippen molar-refractivity contribution in [1.82, 2.24) is 19.6 Å². The second-order valence-corrected chi connectivity index (χ2v) is 6.73. The van der Waals surface area contributed by atoms with E-state index in [-0.39, 0.29) is 12.0 Å². The van der Waals surface area contributed by atoms with E-state index in [0.29, 0.717) is 26.2 Å². The Kier molecular flexibility index (Phi) is 5.55. The minimum atomic E-state index is 0.0545. The number of hydrogen-bond acceptors (Lipinski definition) is 5. The molecule has 25 heavy (non-hydrogen) atoms. The molecule has 0 aliphatic carbocycles. The van der Waals surface area contributed by atoms with Crippen molar-refractivity contribution < 1.29 is 13.9 Å². The van der Waals surface area contributed by atoms with Gasteiger partial charge in [0, 0.05) is 26.3 Å². The number of morpholine rings is 1. The number of nitrogens with zero attached hydrogens (tertiary/aromatic N) is 4. The lowest BCUT2D eigenvalue weighted by Crippen LogP contribution is -2.48. The van der Waals surface area contributed by atoms with E-state index in [0.717, 1.165) is 30.2 Å². The first-order valence-corrected chi connectivity index (χ1v) is 8.62. The highest BCUT2D eigenvalue weighted by Gasteiger charge is 2.24. The van der Waals surface area contributed by atoms with Crippen molar-refractivity contribution in [3.05, 3.63) is 41.6 Å². The maximum absolute atomic E-state index is 12.5. The van der Waals surface area contributed by atoms with Crippen LogP contribution >= 0.6 is 0 Å². The summed E-state index contributed by atoms with van der Waals surface area (Å²) >= 11 is 0. The average molecular weight is 346 g/mol. The van der Waals surface area contributed by atoms with Crippen LogP contribution in [-0.2, 0) is 22.6 Å². The van der Waals surface area contributed by atoms with Gasteiger partial charge in [-0.2, -0.15) is 5.10 Å². The maximum Gasteiger partial charge on any atom is 0.236 e. The second kappa shape index (κ2) is 7.84. The smallest absolute Gasteiger partial charge is 0.236 e. The zero-order chi connectivity index (χ0) is 17.8. The minimum absolute atomic E-state index is 0.0545. The van der Waals surface area contributed by atoms with E-state index in [9.17, 15) is 4.79 Å². The number of amides is 1. The van der Waals surface area contributed by atoms with E-state index in [1.807, 2.05) is 50.1 Å².